The number of fused-ring (bicyclic) bond motifs is 1. The van der Waals surface area contributed by atoms with E-state index in [0.29, 0.717) is 31.0 Å². The van der Waals surface area contributed by atoms with Crippen molar-refractivity contribution in [2.75, 3.05) is 33.4 Å². The average Bonchev–Trinajstić information content (AvgIpc) is 3.14. The minimum atomic E-state index is -0.314. The van der Waals surface area contributed by atoms with E-state index in [1.807, 2.05) is 31.2 Å². The molecule has 2 aromatic rings. The molecule has 1 fully saturated rings. The van der Waals surface area contributed by atoms with E-state index >= 15 is 0 Å². The van der Waals surface area contributed by atoms with E-state index in [9.17, 15) is 9.59 Å². The van der Waals surface area contributed by atoms with Crippen molar-refractivity contribution in [1.82, 2.24) is 15.0 Å². The molecule has 0 unspecified atom stereocenters. The van der Waals surface area contributed by atoms with Crippen LogP contribution in [0.3, 0.4) is 0 Å². The van der Waals surface area contributed by atoms with Crippen LogP contribution in [0.2, 0.25) is 0 Å². The third kappa shape index (κ3) is 3.41. The molecule has 1 aliphatic heterocycles. The molecular weight excluding hydrogens is 322 g/mol. The Morgan fingerprint density at radius 2 is 1.96 bits per heavy atom. The van der Waals surface area contributed by atoms with Crippen LogP contribution in [-0.4, -0.2) is 60.2 Å². The van der Waals surface area contributed by atoms with E-state index in [2.05, 4.69) is 4.98 Å². The first-order valence-corrected chi connectivity index (χ1v) is 8.29. The lowest BCUT2D eigenvalue weighted by Crippen LogP contribution is -2.46. The number of hydrogen-bond donors (Lipinski definition) is 0. The minimum Gasteiger partial charge on any atom is -0.496 e. The highest BCUT2D eigenvalue weighted by molar-refractivity contribution is 5.98. The summed E-state index contributed by atoms with van der Waals surface area (Å²) in [6.45, 7) is 3.23. The fourth-order valence-corrected chi connectivity index (χ4v) is 2.90. The molecule has 0 spiro atoms. The first-order chi connectivity index (χ1) is 12.2. The van der Waals surface area contributed by atoms with Crippen LogP contribution in [0, 0.1) is 0 Å². The fourth-order valence-electron chi connectivity index (χ4n) is 2.90. The molecular formula is C18H21N3O4. The molecule has 1 saturated heterocycles. The molecule has 25 heavy (non-hydrogen) atoms. The molecule has 2 amide bonds. The maximum Gasteiger partial charge on any atom is 0.291 e. The van der Waals surface area contributed by atoms with Gasteiger partial charge in [0.05, 0.1) is 12.6 Å². The second-order valence-corrected chi connectivity index (χ2v) is 5.66. The summed E-state index contributed by atoms with van der Waals surface area (Å²) in [6.07, 6.45) is 0.730. The van der Waals surface area contributed by atoms with Gasteiger partial charge in [-0.3, -0.25) is 9.59 Å². The summed E-state index contributed by atoms with van der Waals surface area (Å²) in [5.74, 6) is 0.0483. The first-order valence-electron chi connectivity index (χ1n) is 8.29. The predicted molar refractivity (Wildman–Crippen MR) is 92.2 cm³/mol. The molecule has 0 saturated carbocycles. The van der Waals surface area contributed by atoms with Crippen LogP contribution in [-0.2, 0) is 9.53 Å². The molecule has 3 rings (SSSR count). The van der Waals surface area contributed by atoms with Crippen molar-refractivity contribution in [3.05, 3.63) is 36.0 Å². The van der Waals surface area contributed by atoms with Crippen molar-refractivity contribution in [1.29, 1.82) is 0 Å². The molecule has 1 aliphatic rings. The Labute approximate surface area is 146 Å². The number of benzene rings is 1. The molecule has 0 N–H and O–H groups in total. The Balaban J connectivity index is 1.89. The molecule has 7 nitrogen and oxygen atoms in total. The third-order valence-corrected chi connectivity index (χ3v) is 4.10. The summed E-state index contributed by atoms with van der Waals surface area (Å²) in [6, 6.07) is 9.09. The van der Waals surface area contributed by atoms with Gasteiger partial charge in [-0.2, -0.15) is 0 Å². The molecule has 2 heterocycles. The minimum absolute atomic E-state index is 0.0330. The quantitative estimate of drug-likeness (QED) is 0.829. The molecule has 0 aliphatic carbocycles. The van der Waals surface area contributed by atoms with E-state index in [4.69, 9.17) is 9.47 Å². The summed E-state index contributed by atoms with van der Waals surface area (Å²) in [5, 5.41) is 3.73. The predicted octanol–water partition coefficient (Wildman–Crippen LogP) is 1.87. The largest absolute Gasteiger partial charge is 0.496 e. The summed E-state index contributed by atoms with van der Waals surface area (Å²) in [5.41, 5.74) is 0.934. The highest BCUT2D eigenvalue weighted by Gasteiger charge is 2.32. The number of hydrogen-bond acceptors (Lipinski definition) is 5. The highest BCUT2D eigenvalue weighted by atomic mass is 16.5. The molecule has 0 atom stereocenters. The Morgan fingerprint density at radius 1 is 1.20 bits per heavy atom. The number of para-hydroxylation sites is 1. The Kier molecular flexibility index (Phi) is 5.14. The van der Waals surface area contributed by atoms with Crippen LogP contribution < -0.4 is 4.74 Å². The summed E-state index contributed by atoms with van der Waals surface area (Å²) < 4.78 is 10.6. The second kappa shape index (κ2) is 7.48. The van der Waals surface area contributed by atoms with E-state index in [0.717, 1.165) is 11.8 Å². The van der Waals surface area contributed by atoms with E-state index in [-0.39, 0.29) is 24.1 Å². The smallest absolute Gasteiger partial charge is 0.291 e. The van der Waals surface area contributed by atoms with Gasteiger partial charge in [0.2, 0.25) is 0 Å². The van der Waals surface area contributed by atoms with Crippen LogP contribution in [0.25, 0.3) is 10.9 Å². The Bertz CT molecular complexity index is 793. The van der Waals surface area contributed by atoms with Gasteiger partial charge < -0.3 is 9.47 Å². The normalized spacial score (nSPS) is 14.2. The summed E-state index contributed by atoms with van der Waals surface area (Å²) >= 11 is 0. The van der Waals surface area contributed by atoms with E-state index in [1.54, 1.807) is 13.2 Å². The third-order valence-electron chi connectivity index (χ3n) is 4.10. The molecule has 7 heteroatoms. The second-order valence-electron chi connectivity index (χ2n) is 5.66. The molecule has 132 valence electrons. The lowest BCUT2D eigenvalue weighted by atomic mass is 10.1. The zero-order chi connectivity index (χ0) is 17.8. The average molecular weight is 343 g/mol. The van der Waals surface area contributed by atoms with Gasteiger partial charge in [-0.25, -0.2) is 15.0 Å². The summed E-state index contributed by atoms with van der Waals surface area (Å²) in [7, 11) is 1.56. The number of ether oxygens (including phenoxy) is 2. The number of aromatic nitrogens is 1. The lowest BCUT2D eigenvalue weighted by molar-refractivity contribution is -0.145. The van der Waals surface area contributed by atoms with Crippen LogP contribution in [0.1, 0.15) is 23.8 Å². The number of pyridine rings is 1. The number of rotatable bonds is 5. The molecule has 0 bridgehead atoms. The van der Waals surface area contributed by atoms with Gasteiger partial charge in [-0.05, 0) is 25.5 Å². The van der Waals surface area contributed by atoms with Gasteiger partial charge in [0.25, 0.3) is 11.8 Å². The lowest BCUT2D eigenvalue weighted by Gasteiger charge is -2.27. The zero-order valence-corrected chi connectivity index (χ0v) is 14.4. The number of carbonyl (C=O) groups excluding carboxylic acids is 2. The number of carbonyl (C=O) groups is 2. The number of nitrogens with zero attached hydrogens (tertiary/aromatic N) is 3. The molecule has 1 aromatic heterocycles. The van der Waals surface area contributed by atoms with E-state index in [1.165, 1.54) is 10.0 Å². The van der Waals surface area contributed by atoms with Crippen molar-refractivity contribution >= 4 is 22.7 Å². The van der Waals surface area contributed by atoms with Crippen LogP contribution in [0.15, 0.2) is 30.3 Å². The van der Waals surface area contributed by atoms with Gasteiger partial charge >= 0.3 is 0 Å². The summed E-state index contributed by atoms with van der Waals surface area (Å²) in [4.78, 5) is 29.6. The maximum atomic E-state index is 12.9. The maximum absolute atomic E-state index is 12.9. The Hall–Kier alpha value is -2.67. The van der Waals surface area contributed by atoms with Gasteiger partial charge in [0, 0.05) is 31.1 Å². The topological polar surface area (TPSA) is 72.0 Å². The SMILES string of the molecule is CCOCC(=O)N1CCCN1C(=O)c1cc(OC)c2ccccc2n1. The Morgan fingerprint density at radius 3 is 2.72 bits per heavy atom. The van der Waals surface area contributed by atoms with Crippen molar-refractivity contribution in [3.63, 3.8) is 0 Å². The van der Waals surface area contributed by atoms with Crippen molar-refractivity contribution in [2.24, 2.45) is 0 Å². The van der Waals surface area contributed by atoms with E-state index < -0.39 is 0 Å². The molecule has 0 radical (unpaired) electrons. The standard InChI is InChI=1S/C18H21N3O4/c1-3-25-12-17(22)20-9-6-10-21(20)18(23)15-11-16(24-2)13-7-4-5-8-14(13)19-15/h4-5,7-8,11H,3,6,9-10,12H2,1-2H3. The number of methoxy groups -OCH3 is 1. The zero-order valence-electron chi connectivity index (χ0n) is 14.4. The first kappa shape index (κ1) is 17.2. The van der Waals surface area contributed by atoms with Crippen molar-refractivity contribution in [2.45, 2.75) is 13.3 Å². The molecule has 1 aromatic carbocycles. The van der Waals surface area contributed by atoms with Crippen LogP contribution in [0.5, 0.6) is 5.75 Å². The monoisotopic (exact) mass is 343 g/mol. The number of hydrazine groups is 1. The van der Waals surface area contributed by atoms with Gasteiger partial charge in [0.1, 0.15) is 18.1 Å². The van der Waals surface area contributed by atoms with Crippen molar-refractivity contribution < 1.29 is 19.1 Å². The van der Waals surface area contributed by atoms with Crippen LogP contribution in [0.4, 0.5) is 0 Å². The van der Waals surface area contributed by atoms with Crippen LogP contribution >= 0.6 is 0 Å². The van der Waals surface area contributed by atoms with Crippen molar-refractivity contribution in [3.8, 4) is 5.75 Å². The fraction of sp³-hybridized carbons (Fsp3) is 0.389. The highest BCUT2D eigenvalue weighted by Crippen LogP contribution is 2.26. The van der Waals surface area contributed by atoms with Gasteiger partial charge in [-0.1, -0.05) is 12.1 Å². The van der Waals surface area contributed by atoms with Gasteiger partial charge in [-0.15, -0.1) is 0 Å². The number of amides is 2. The van der Waals surface area contributed by atoms with Gasteiger partial charge in [0.15, 0.2) is 0 Å².